The maximum Gasteiger partial charge on any atom is 0.186 e. The number of aliphatic hydroxyl groups is 4. The van der Waals surface area contributed by atoms with Gasteiger partial charge in [-0.1, -0.05) is 58.4 Å². The first kappa shape index (κ1) is 30.7. The molecular weight excluding hydrogens is 504 g/mol. The molecule has 0 spiro atoms. The van der Waals surface area contributed by atoms with Gasteiger partial charge in [0.2, 0.25) is 0 Å². The lowest BCUT2D eigenvalue weighted by Crippen LogP contribution is -2.58. The van der Waals surface area contributed by atoms with Crippen LogP contribution >= 0.6 is 0 Å². The Kier molecular flexibility index (Phi) is 8.74. The highest BCUT2D eigenvalue weighted by atomic mass is 16.7. The molecule has 1 saturated heterocycles. The Bertz CT molecular complexity index is 962. The molecule has 1 aliphatic heterocycles. The Morgan fingerprint density at radius 2 is 1.77 bits per heavy atom. The first-order valence-corrected chi connectivity index (χ1v) is 16.2. The lowest BCUT2D eigenvalue weighted by Gasteiger charge is -2.58. The number of fused-ring (bicyclic) bond motifs is 5. The normalized spacial score (nSPS) is 49.6. The lowest BCUT2D eigenvalue weighted by atomic mass is 9.47. The van der Waals surface area contributed by atoms with Crippen molar-refractivity contribution in [1.82, 2.24) is 0 Å². The molecule has 4 fully saturated rings. The van der Waals surface area contributed by atoms with Gasteiger partial charge in [-0.2, -0.15) is 0 Å². The highest BCUT2D eigenvalue weighted by molar-refractivity contribution is 5.26. The highest BCUT2D eigenvalue weighted by Gasteiger charge is 2.61. The van der Waals surface area contributed by atoms with Gasteiger partial charge in [0.15, 0.2) is 6.29 Å². The third-order valence-corrected chi connectivity index (χ3v) is 12.7. The summed E-state index contributed by atoms with van der Waals surface area (Å²) in [7, 11) is 0. The molecule has 1 heterocycles. The second-order valence-corrected chi connectivity index (χ2v) is 15.1. The summed E-state index contributed by atoms with van der Waals surface area (Å²) < 4.78 is 12.0. The Hall–Kier alpha value is -0.760. The largest absolute Gasteiger partial charge is 0.393 e. The van der Waals surface area contributed by atoms with Crippen LogP contribution in [0.25, 0.3) is 0 Å². The zero-order chi connectivity index (χ0) is 29.1. The van der Waals surface area contributed by atoms with Crippen molar-refractivity contribution in [2.24, 2.45) is 46.3 Å². The van der Waals surface area contributed by atoms with Crippen LogP contribution in [0.1, 0.15) is 99.3 Å². The van der Waals surface area contributed by atoms with E-state index in [0.717, 1.165) is 44.9 Å². The van der Waals surface area contributed by atoms with Gasteiger partial charge in [-0.15, -0.1) is 0 Å². The second-order valence-electron chi connectivity index (χ2n) is 15.1. The topological polar surface area (TPSA) is 99.4 Å². The van der Waals surface area contributed by atoms with Crippen LogP contribution < -0.4 is 0 Å². The molecule has 6 nitrogen and oxygen atoms in total. The summed E-state index contributed by atoms with van der Waals surface area (Å²) in [6, 6.07) is 0. The van der Waals surface area contributed by atoms with Gasteiger partial charge < -0.3 is 29.9 Å². The van der Waals surface area contributed by atoms with Crippen LogP contribution in [-0.4, -0.2) is 63.3 Å². The van der Waals surface area contributed by atoms with Gasteiger partial charge >= 0.3 is 0 Å². The summed E-state index contributed by atoms with van der Waals surface area (Å²) >= 11 is 0. The van der Waals surface area contributed by atoms with Crippen LogP contribution in [-0.2, 0) is 9.47 Å². The van der Waals surface area contributed by atoms with Crippen LogP contribution in [0.2, 0.25) is 0 Å². The van der Waals surface area contributed by atoms with Gasteiger partial charge in [0.25, 0.3) is 0 Å². The van der Waals surface area contributed by atoms with Gasteiger partial charge in [0.1, 0.15) is 18.3 Å². The first-order chi connectivity index (χ1) is 18.8. The average molecular weight is 561 g/mol. The maximum absolute atomic E-state index is 11.5. The Balaban J connectivity index is 1.27. The third kappa shape index (κ3) is 5.17. The fourth-order valence-electron chi connectivity index (χ4n) is 10.0. The van der Waals surface area contributed by atoms with Crippen LogP contribution in [0.3, 0.4) is 0 Å². The molecule has 4 aliphatic carbocycles. The van der Waals surface area contributed by atoms with Gasteiger partial charge in [0, 0.05) is 0 Å². The molecule has 5 aliphatic rings. The molecule has 4 N–H and O–H groups in total. The molecule has 14 atom stereocenters. The fraction of sp³-hybridized carbons (Fsp3) is 0.882. The average Bonchev–Trinajstić information content (AvgIpc) is 3.18. The lowest BCUT2D eigenvalue weighted by molar-refractivity contribution is -0.305. The molecule has 3 saturated carbocycles. The first-order valence-electron chi connectivity index (χ1n) is 16.2. The molecule has 0 radical (unpaired) electrons. The predicted octanol–water partition coefficient (Wildman–Crippen LogP) is 5.38. The van der Waals surface area contributed by atoms with E-state index in [9.17, 15) is 20.4 Å². The smallest absolute Gasteiger partial charge is 0.186 e. The minimum atomic E-state index is -1.27. The highest BCUT2D eigenvalue weighted by Crippen LogP contribution is 2.67. The number of aliphatic hydroxyl groups excluding tert-OH is 4. The molecular formula is C34H56O6. The fourth-order valence-corrected chi connectivity index (χ4v) is 10.0. The molecule has 0 aromatic carbocycles. The van der Waals surface area contributed by atoms with E-state index in [4.69, 9.17) is 9.47 Å². The van der Waals surface area contributed by atoms with Crippen LogP contribution in [0, 0.1) is 46.3 Å². The predicted molar refractivity (Wildman–Crippen MR) is 156 cm³/mol. The molecule has 11 unspecified atom stereocenters. The SMILES string of the molecule is C=C(CC[C@@H](C)C1[C@@H](O)CC2C3CC=C4C[C@@H](OC5OC(C)C(O)C(O)C5O)CCC4(C)C3CCC21C)C(C)C. The van der Waals surface area contributed by atoms with Crippen molar-refractivity contribution < 1.29 is 29.9 Å². The number of ether oxygens (including phenoxy) is 2. The number of allylic oxidation sites excluding steroid dienone is 2. The molecule has 5 rings (SSSR count). The minimum Gasteiger partial charge on any atom is -0.393 e. The van der Waals surface area contributed by atoms with E-state index >= 15 is 0 Å². The molecule has 0 amide bonds. The summed E-state index contributed by atoms with van der Waals surface area (Å²) in [6.07, 6.45) is 6.40. The van der Waals surface area contributed by atoms with Crippen molar-refractivity contribution in [3.63, 3.8) is 0 Å². The van der Waals surface area contributed by atoms with Crippen molar-refractivity contribution in [1.29, 1.82) is 0 Å². The second kappa shape index (κ2) is 11.4. The van der Waals surface area contributed by atoms with Crippen LogP contribution in [0.5, 0.6) is 0 Å². The summed E-state index contributed by atoms with van der Waals surface area (Å²) in [5, 5.41) is 42.2. The van der Waals surface area contributed by atoms with E-state index in [2.05, 4.69) is 47.3 Å². The van der Waals surface area contributed by atoms with Gasteiger partial charge in [-0.05, 0) is 111 Å². The van der Waals surface area contributed by atoms with E-state index in [1.54, 1.807) is 6.92 Å². The molecule has 0 aromatic heterocycles. The van der Waals surface area contributed by atoms with Crippen LogP contribution in [0.15, 0.2) is 23.8 Å². The van der Waals surface area contributed by atoms with E-state index in [0.29, 0.717) is 35.5 Å². The van der Waals surface area contributed by atoms with E-state index in [1.807, 2.05) is 0 Å². The van der Waals surface area contributed by atoms with Crippen molar-refractivity contribution in [2.75, 3.05) is 0 Å². The van der Waals surface area contributed by atoms with Crippen molar-refractivity contribution in [3.8, 4) is 0 Å². The van der Waals surface area contributed by atoms with E-state index in [1.165, 1.54) is 24.0 Å². The molecule has 0 bridgehead atoms. The Morgan fingerprint density at radius 3 is 2.48 bits per heavy atom. The monoisotopic (exact) mass is 560 g/mol. The minimum absolute atomic E-state index is 0.0712. The van der Waals surface area contributed by atoms with Crippen molar-refractivity contribution >= 4 is 0 Å². The van der Waals surface area contributed by atoms with E-state index < -0.39 is 30.7 Å². The molecule has 6 heteroatoms. The summed E-state index contributed by atoms with van der Waals surface area (Å²) in [5.41, 5.74) is 3.14. The van der Waals surface area contributed by atoms with Gasteiger partial charge in [-0.25, -0.2) is 0 Å². The number of hydrogen-bond acceptors (Lipinski definition) is 6. The molecule has 228 valence electrons. The summed E-state index contributed by atoms with van der Waals surface area (Å²) in [6.45, 7) is 17.8. The van der Waals surface area contributed by atoms with Gasteiger partial charge in [0.05, 0.1) is 18.3 Å². The Labute approximate surface area is 242 Å². The number of rotatable bonds is 7. The van der Waals surface area contributed by atoms with Crippen LogP contribution in [0.4, 0.5) is 0 Å². The quantitative estimate of drug-likeness (QED) is 0.312. The summed E-state index contributed by atoms with van der Waals surface area (Å²) in [4.78, 5) is 0. The number of hydrogen-bond donors (Lipinski definition) is 4. The third-order valence-electron chi connectivity index (χ3n) is 12.7. The zero-order valence-corrected chi connectivity index (χ0v) is 25.8. The Morgan fingerprint density at radius 1 is 1.05 bits per heavy atom. The molecule has 0 aromatic rings. The van der Waals surface area contributed by atoms with Crippen molar-refractivity contribution in [3.05, 3.63) is 23.8 Å². The van der Waals surface area contributed by atoms with Crippen molar-refractivity contribution in [2.45, 2.75) is 142 Å². The summed E-state index contributed by atoms with van der Waals surface area (Å²) in [5.74, 6) is 3.18. The zero-order valence-electron chi connectivity index (χ0n) is 25.8. The van der Waals surface area contributed by atoms with E-state index in [-0.39, 0.29) is 23.0 Å². The maximum atomic E-state index is 11.5. The standard InChI is InChI=1S/C34H56O6/c1-18(2)19(3)8-9-20(4)28-27(35)17-26-24-11-10-22-16-23(40-32-31(38)30(37)29(36)21(5)39-32)12-14-33(22,6)25(24)13-15-34(26,28)7/h10,18,20-21,23-32,35-38H,3,8-9,11-17H2,1-2,4-7H3/t20-,21?,23+,24?,25?,26?,27+,28?,29?,30?,31?,32?,33?,34?/m1/s1. The molecule has 40 heavy (non-hydrogen) atoms. The van der Waals surface area contributed by atoms with Gasteiger partial charge in [-0.3, -0.25) is 0 Å².